The van der Waals surface area contributed by atoms with Gasteiger partial charge in [0.05, 0.1) is 10.4 Å². The smallest absolute Gasteiger partial charge is 0.270 e. The predicted molar refractivity (Wildman–Crippen MR) is 73.0 cm³/mol. The number of pyridine rings is 1. The first kappa shape index (κ1) is 12.0. The van der Waals surface area contributed by atoms with E-state index >= 15 is 0 Å². The second kappa shape index (κ2) is 4.27. The molecule has 0 radical (unpaired) electrons. The number of fused-ring (bicyclic) bond motifs is 3. The molecule has 3 rings (SSSR count). The zero-order valence-corrected chi connectivity index (χ0v) is 10.1. The molecule has 0 aliphatic rings. The maximum absolute atomic E-state index is 11.1. The predicted octanol–water partition coefficient (Wildman–Crippen LogP) is 2.81. The molecule has 1 heterocycles. The first-order valence-electron chi connectivity index (χ1n) is 5.77. The lowest BCUT2D eigenvalue weighted by Gasteiger charge is -2.07. The van der Waals surface area contributed by atoms with Crippen molar-refractivity contribution in [2.45, 2.75) is 0 Å². The summed E-state index contributed by atoms with van der Waals surface area (Å²) in [6.45, 7) is 0. The first-order valence-corrected chi connectivity index (χ1v) is 5.77. The molecule has 0 spiro atoms. The van der Waals surface area contributed by atoms with Crippen LogP contribution in [-0.2, 0) is 0 Å². The Balaban J connectivity index is 2.56. The number of phenols is 1. The standard InChI is InChI=1S/C14H8N2O4/c17-7-12-9-2-1-3-13(18)14(9)10-6-8(16(19)20)4-5-11(10)15-12/h1-7,18H. The Kier molecular flexibility index (Phi) is 2.57. The lowest BCUT2D eigenvalue weighted by molar-refractivity contribution is -0.384. The number of non-ortho nitro benzene ring substituents is 1. The van der Waals surface area contributed by atoms with Gasteiger partial charge in [-0.15, -0.1) is 0 Å². The van der Waals surface area contributed by atoms with Gasteiger partial charge in [0.1, 0.15) is 11.4 Å². The third-order valence-electron chi connectivity index (χ3n) is 3.13. The van der Waals surface area contributed by atoms with Crippen LogP contribution in [0.5, 0.6) is 5.75 Å². The van der Waals surface area contributed by atoms with Crippen LogP contribution < -0.4 is 0 Å². The fraction of sp³-hybridized carbons (Fsp3) is 0. The number of nitrogens with zero attached hydrogens (tertiary/aromatic N) is 2. The van der Waals surface area contributed by atoms with E-state index in [1.807, 2.05) is 0 Å². The molecule has 0 amide bonds. The molecular formula is C14H8N2O4. The Morgan fingerprint density at radius 3 is 2.70 bits per heavy atom. The third kappa shape index (κ3) is 1.66. The van der Waals surface area contributed by atoms with Gasteiger partial charge in [0.15, 0.2) is 6.29 Å². The van der Waals surface area contributed by atoms with Gasteiger partial charge in [-0.05, 0) is 12.1 Å². The summed E-state index contributed by atoms with van der Waals surface area (Å²) < 4.78 is 0. The number of aldehydes is 1. The highest BCUT2D eigenvalue weighted by molar-refractivity contribution is 6.13. The number of aromatic nitrogens is 1. The quantitative estimate of drug-likeness (QED) is 0.334. The first-order chi connectivity index (χ1) is 9.61. The lowest BCUT2D eigenvalue weighted by Crippen LogP contribution is -1.94. The van der Waals surface area contributed by atoms with E-state index in [1.165, 1.54) is 24.3 Å². The molecule has 2 aromatic carbocycles. The number of nitro benzene ring substituents is 1. The Hall–Kier alpha value is -3.02. The van der Waals surface area contributed by atoms with Crippen LogP contribution >= 0.6 is 0 Å². The van der Waals surface area contributed by atoms with Gasteiger partial charge in [-0.25, -0.2) is 4.98 Å². The lowest BCUT2D eigenvalue weighted by atomic mass is 10.0. The van der Waals surface area contributed by atoms with Crippen LogP contribution in [0.2, 0.25) is 0 Å². The Labute approximate surface area is 112 Å². The van der Waals surface area contributed by atoms with Crippen molar-refractivity contribution in [3.63, 3.8) is 0 Å². The minimum absolute atomic E-state index is 0.0431. The van der Waals surface area contributed by atoms with Gasteiger partial charge < -0.3 is 5.11 Å². The molecule has 0 atom stereocenters. The highest BCUT2D eigenvalue weighted by Crippen LogP contribution is 2.34. The van der Waals surface area contributed by atoms with E-state index in [-0.39, 0.29) is 17.1 Å². The summed E-state index contributed by atoms with van der Waals surface area (Å²) in [6.07, 6.45) is 0.600. The molecule has 1 N–H and O–H groups in total. The van der Waals surface area contributed by atoms with Gasteiger partial charge in [0.25, 0.3) is 5.69 Å². The normalized spacial score (nSPS) is 10.8. The molecule has 0 unspecified atom stereocenters. The Bertz CT molecular complexity index is 874. The van der Waals surface area contributed by atoms with Crippen LogP contribution in [0.4, 0.5) is 5.69 Å². The van der Waals surface area contributed by atoms with Crippen molar-refractivity contribution >= 4 is 33.6 Å². The number of rotatable bonds is 2. The van der Waals surface area contributed by atoms with Crippen molar-refractivity contribution in [3.05, 3.63) is 52.2 Å². The topological polar surface area (TPSA) is 93.3 Å². The van der Waals surface area contributed by atoms with Crippen molar-refractivity contribution in [1.29, 1.82) is 0 Å². The molecule has 3 aromatic rings. The average Bonchev–Trinajstić information content (AvgIpc) is 2.45. The second-order valence-corrected chi connectivity index (χ2v) is 4.27. The fourth-order valence-corrected chi connectivity index (χ4v) is 2.25. The molecule has 0 aliphatic heterocycles. The summed E-state index contributed by atoms with van der Waals surface area (Å²) in [6, 6.07) is 8.83. The Morgan fingerprint density at radius 1 is 1.20 bits per heavy atom. The number of hydrogen-bond donors (Lipinski definition) is 1. The molecule has 0 bridgehead atoms. The van der Waals surface area contributed by atoms with Crippen molar-refractivity contribution < 1.29 is 14.8 Å². The summed E-state index contributed by atoms with van der Waals surface area (Å²) >= 11 is 0. The van der Waals surface area contributed by atoms with Crippen LogP contribution in [0.15, 0.2) is 36.4 Å². The molecule has 1 aromatic heterocycles. The fourth-order valence-electron chi connectivity index (χ4n) is 2.25. The van der Waals surface area contributed by atoms with Gasteiger partial charge in [-0.3, -0.25) is 14.9 Å². The van der Waals surface area contributed by atoms with Crippen LogP contribution in [0.3, 0.4) is 0 Å². The minimum atomic E-state index is -0.515. The van der Waals surface area contributed by atoms with Crippen LogP contribution in [0, 0.1) is 10.1 Å². The maximum Gasteiger partial charge on any atom is 0.270 e. The van der Waals surface area contributed by atoms with Crippen LogP contribution in [0.25, 0.3) is 21.7 Å². The molecule has 6 nitrogen and oxygen atoms in total. The number of aromatic hydroxyl groups is 1. The van der Waals surface area contributed by atoms with E-state index in [4.69, 9.17) is 0 Å². The van der Waals surface area contributed by atoms with E-state index in [0.29, 0.717) is 28.0 Å². The monoisotopic (exact) mass is 268 g/mol. The van der Waals surface area contributed by atoms with E-state index in [9.17, 15) is 20.0 Å². The maximum atomic E-state index is 11.1. The molecule has 0 aliphatic carbocycles. The third-order valence-corrected chi connectivity index (χ3v) is 3.13. The molecule has 0 fully saturated rings. The summed E-state index contributed by atoms with van der Waals surface area (Å²) in [5, 5.41) is 22.2. The van der Waals surface area contributed by atoms with Crippen molar-refractivity contribution in [3.8, 4) is 5.75 Å². The zero-order chi connectivity index (χ0) is 14.3. The average molecular weight is 268 g/mol. The molecule has 0 saturated carbocycles. The van der Waals surface area contributed by atoms with Crippen LogP contribution in [-0.4, -0.2) is 21.3 Å². The molecular weight excluding hydrogens is 260 g/mol. The van der Waals surface area contributed by atoms with Gasteiger partial charge in [-0.2, -0.15) is 0 Å². The SMILES string of the molecule is O=Cc1nc2ccc([N+](=O)[O-])cc2c2c(O)cccc12. The minimum Gasteiger partial charge on any atom is -0.507 e. The second-order valence-electron chi connectivity index (χ2n) is 4.27. The number of benzene rings is 2. The van der Waals surface area contributed by atoms with E-state index < -0.39 is 4.92 Å². The molecule has 6 heteroatoms. The van der Waals surface area contributed by atoms with Gasteiger partial charge in [0, 0.05) is 28.3 Å². The number of carbonyl (C=O) groups excluding carboxylic acids is 1. The number of carbonyl (C=O) groups is 1. The number of hydrogen-bond acceptors (Lipinski definition) is 5. The summed E-state index contributed by atoms with van der Waals surface area (Å²) in [4.78, 5) is 25.6. The van der Waals surface area contributed by atoms with Crippen molar-refractivity contribution in [1.82, 2.24) is 4.98 Å². The van der Waals surface area contributed by atoms with Crippen LogP contribution in [0.1, 0.15) is 10.5 Å². The van der Waals surface area contributed by atoms with Gasteiger partial charge in [-0.1, -0.05) is 12.1 Å². The molecule has 0 saturated heterocycles. The van der Waals surface area contributed by atoms with Gasteiger partial charge >= 0.3 is 0 Å². The van der Waals surface area contributed by atoms with Crippen molar-refractivity contribution in [2.24, 2.45) is 0 Å². The Morgan fingerprint density at radius 2 is 2.00 bits per heavy atom. The summed E-state index contributed by atoms with van der Waals surface area (Å²) in [7, 11) is 0. The molecule has 20 heavy (non-hydrogen) atoms. The van der Waals surface area contributed by atoms with E-state index in [1.54, 1.807) is 12.1 Å². The van der Waals surface area contributed by atoms with E-state index in [2.05, 4.69) is 4.98 Å². The largest absolute Gasteiger partial charge is 0.507 e. The summed E-state index contributed by atoms with van der Waals surface area (Å²) in [5.74, 6) is -0.0431. The van der Waals surface area contributed by atoms with Crippen molar-refractivity contribution in [2.75, 3.05) is 0 Å². The highest BCUT2D eigenvalue weighted by Gasteiger charge is 2.14. The zero-order valence-electron chi connectivity index (χ0n) is 10.1. The van der Waals surface area contributed by atoms with E-state index in [0.717, 1.165) is 0 Å². The van der Waals surface area contributed by atoms with Gasteiger partial charge in [0.2, 0.25) is 0 Å². The summed E-state index contributed by atoms with van der Waals surface area (Å²) in [5.41, 5.74) is 0.520. The highest BCUT2D eigenvalue weighted by atomic mass is 16.6. The molecule has 98 valence electrons. The number of nitro groups is 1. The number of phenolic OH excluding ortho intramolecular Hbond substituents is 1.